The molecule has 1 aliphatic rings. The van der Waals surface area contributed by atoms with E-state index in [9.17, 15) is 14.4 Å². The number of urea groups is 1. The first-order chi connectivity index (χ1) is 15.2. The summed E-state index contributed by atoms with van der Waals surface area (Å²) in [7, 11) is 0. The van der Waals surface area contributed by atoms with Crippen LogP contribution in [0.4, 0.5) is 10.5 Å². The number of nitrogens with one attached hydrogen (secondary N) is 2. The van der Waals surface area contributed by atoms with Crippen molar-refractivity contribution in [3.63, 3.8) is 0 Å². The van der Waals surface area contributed by atoms with Crippen LogP contribution >= 0.6 is 0 Å². The Morgan fingerprint density at radius 1 is 1.00 bits per heavy atom. The third-order valence-electron chi connectivity index (χ3n) is 5.54. The first kappa shape index (κ1) is 25.8. The van der Waals surface area contributed by atoms with Crippen molar-refractivity contribution in [2.24, 2.45) is 11.8 Å². The van der Waals surface area contributed by atoms with E-state index in [2.05, 4.69) is 10.6 Å². The van der Waals surface area contributed by atoms with Crippen molar-refractivity contribution in [1.29, 1.82) is 0 Å². The highest BCUT2D eigenvalue weighted by Crippen LogP contribution is 2.26. The summed E-state index contributed by atoms with van der Waals surface area (Å²) in [5.41, 5.74) is 2.03. The standard InChI is InChI=1S/C25H39N3O4/c1-6-32-16-23(29)20(14-17(2)3)26-24(30)21(15-18(4)5)27-25(31)28-13-9-11-19-10-7-8-12-22(19)28/h7-8,10,12,17-18,20-21H,6,9,11,13-16H2,1-5H3,(H,26,30)(H,27,31)/t20?,21-/m0/s1. The average Bonchev–Trinajstić information content (AvgIpc) is 2.75. The molecule has 32 heavy (non-hydrogen) atoms. The van der Waals surface area contributed by atoms with Gasteiger partial charge in [0.15, 0.2) is 5.78 Å². The van der Waals surface area contributed by atoms with Crippen LogP contribution in [0.25, 0.3) is 0 Å². The summed E-state index contributed by atoms with van der Waals surface area (Å²) in [6, 6.07) is 6.25. The van der Waals surface area contributed by atoms with Gasteiger partial charge in [0.25, 0.3) is 0 Å². The zero-order chi connectivity index (χ0) is 23.7. The maximum Gasteiger partial charge on any atom is 0.322 e. The number of hydrogen-bond donors (Lipinski definition) is 2. The predicted molar refractivity (Wildman–Crippen MR) is 127 cm³/mol. The molecule has 0 bridgehead atoms. The first-order valence-electron chi connectivity index (χ1n) is 11.8. The van der Waals surface area contributed by atoms with Crippen LogP contribution in [0, 0.1) is 11.8 Å². The lowest BCUT2D eigenvalue weighted by Gasteiger charge is -2.32. The number of rotatable bonds is 11. The number of ether oxygens (including phenoxy) is 1. The Balaban J connectivity index is 2.13. The summed E-state index contributed by atoms with van der Waals surface area (Å²) in [5, 5.41) is 5.82. The van der Waals surface area contributed by atoms with E-state index < -0.39 is 12.1 Å². The Morgan fingerprint density at radius 3 is 2.31 bits per heavy atom. The molecule has 0 spiro atoms. The Morgan fingerprint density at radius 2 is 1.66 bits per heavy atom. The number of Topliss-reactive ketones (excluding diaryl/α,β-unsaturated/α-hetero) is 1. The molecule has 2 atom stereocenters. The van der Waals surface area contributed by atoms with Crippen molar-refractivity contribution in [3.05, 3.63) is 29.8 Å². The smallest absolute Gasteiger partial charge is 0.322 e. The Labute approximate surface area is 192 Å². The van der Waals surface area contributed by atoms with E-state index in [0.29, 0.717) is 26.0 Å². The SMILES string of the molecule is CCOCC(=O)C(CC(C)C)NC(=O)[C@H](CC(C)C)NC(=O)N1CCCc2ccccc21. The molecule has 0 aliphatic carbocycles. The lowest BCUT2D eigenvalue weighted by molar-refractivity contribution is -0.131. The van der Waals surface area contributed by atoms with Crippen molar-refractivity contribution in [2.45, 2.75) is 72.4 Å². The monoisotopic (exact) mass is 445 g/mol. The highest BCUT2D eigenvalue weighted by Gasteiger charge is 2.30. The van der Waals surface area contributed by atoms with Crippen LogP contribution in [0.15, 0.2) is 24.3 Å². The molecule has 0 aromatic heterocycles. The van der Waals surface area contributed by atoms with Crippen LogP contribution in [0.2, 0.25) is 0 Å². The van der Waals surface area contributed by atoms with Crippen molar-refractivity contribution in [2.75, 3.05) is 24.7 Å². The topological polar surface area (TPSA) is 87.7 Å². The molecular weight excluding hydrogens is 406 g/mol. The van der Waals surface area contributed by atoms with E-state index in [1.807, 2.05) is 58.9 Å². The van der Waals surface area contributed by atoms with Gasteiger partial charge in [-0.2, -0.15) is 0 Å². The molecule has 0 fully saturated rings. The van der Waals surface area contributed by atoms with Gasteiger partial charge < -0.3 is 15.4 Å². The fourth-order valence-electron chi connectivity index (χ4n) is 3.99. The van der Waals surface area contributed by atoms with Gasteiger partial charge in [0.1, 0.15) is 12.6 Å². The molecule has 7 heteroatoms. The molecule has 7 nitrogen and oxygen atoms in total. The Bertz CT molecular complexity index is 778. The quantitative estimate of drug-likeness (QED) is 0.544. The van der Waals surface area contributed by atoms with Gasteiger partial charge in [-0.05, 0) is 56.1 Å². The van der Waals surface area contributed by atoms with Gasteiger partial charge in [-0.15, -0.1) is 0 Å². The minimum atomic E-state index is -0.717. The minimum absolute atomic E-state index is 0.0278. The highest BCUT2D eigenvalue weighted by molar-refractivity contribution is 5.97. The number of benzene rings is 1. The molecule has 0 radical (unpaired) electrons. The van der Waals surface area contributed by atoms with E-state index in [0.717, 1.165) is 24.1 Å². The number of anilines is 1. The highest BCUT2D eigenvalue weighted by atomic mass is 16.5. The number of nitrogens with zero attached hydrogens (tertiary/aromatic N) is 1. The van der Waals surface area contributed by atoms with Gasteiger partial charge in [-0.25, -0.2) is 4.79 Å². The largest absolute Gasteiger partial charge is 0.374 e. The van der Waals surface area contributed by atoms with Crippen LogP contribution < -0.4 is 15.5 Å². The number of hydrogen-bond acceptors (Lipinski definition) is 4. The van der Waals surface area contributed by atoms with Gasteiger partial charge >= 0.3 is 6.03 Å². The second kappa shape index (κ2) is 12.6. The van der Waals surface area contributed by atoms with Crippen molar-refractivity contribution in [3.8, 4) is 0 Å². The molecule has 178 valence electrons. The molecule has 1 heterocycles. The van der Waals surface area contributed by atoms with E-state index in [1.54, 1.807) is 4.90 Å². The third kappa shape index (κ3) is 7.62. The number of para-hydroxylation sites is 1. The molecule has 1 unspecified atom stereocenters. The third-order valence-corrected chi connectivity index (χ3v) is 5.54. The number of fused-ring (bicyclic) bond motifs is 1. The van der Waals surface area contributed by atoms with E-state index >= 15 is 0 Å². The second-order valence-electron chi connectivity index (χ2n) is 9.31. The number of carbonyl (C=O) groups excluding carboxylic acids is 3. The lowest BCUT2D eigenvalue weighted by Crippen LogP contribution is -2.55. The molecule has 0 saturated heterocycles. The number of carbonyl (C=O) groups is 3. The van der Waals surface area contributed by atoms with Crippen LogP contribution in [0.5, 0.6) is 0 Å². The molecule has 2 N–H and O–H groups in total. The second-order valence-corrected chi connectivity index (χ2v) is 9.31. The van der Waals surface area contributed by atoms with Crippen LogP contribution in [-0.4, -0.2) is 49.6 Å². The maximum atomic E-state index is 13.2. The molecule has 1 aliphatic heterocycles. The van der Waals surface area contributed by atoms with E-state index in [4.69, 9.17) is 4.74 Å². The number of aryl methyl sites for hydroxylation is 1. The van der Waals surface area contributed by atoms with Gasteiger partial charge in [0.05, 0.1) is 6.04 Å². The predicted octanol–water partition coefficient (Wildman–Crippen LogP) is 3.70. The fraction of sp³-hybridized carbons (Fsp3) is 0.640. The summed E-state index contributed by atoms with van der Waals surface area (Å²) >= 11 is 0. The average molecular weight is 446 g/mol. The minimum Gasteiger partial charge on any atom is -0.374 e. The fourth-order valence-corrected chi connectivity index (χ4v) is 3.99. The molecule has 1 aromatic carbocycles. The molecular formula is C25H39N3O4. The summed E-state index contributed by atoms with van der Waals surface area (Å²) < 4.78 is 5.26. The van der Waals surface area contributed by atoms with Crippen LogP contribution in [0.1, 0.15) is 59.4 Å². The summed E-state index contributed by atoms with van der Waals surface area (Å²) in [4.78, 5) is 40.6. The Kier molecular flexibility index (Phi) is 10.2. The normalized spacial score (nSPS) is 15.3. The molecule has 3 amide bonds. The molecule has 0 saturated carbocycles. The number of amides is 3. The lowest BCUT2D eigenvalue weighted by atomic mass is 9.98. The summed E-state index contributed by atoms with van der Waals surface area (Å²) in [6.45, 7) is 10.9. The number of ketones is 1. The summed E-state index contributed by atoms with van der Waals surface area (Å²) in [5.74, 6) is -0.0439. The Hall–Kier alpha value is -2.41. The van der Waals surface area contributed by atoms with Crippen LogP contribution in [0.3, 0.4) is 0 Å². The first-order valence-corrected chi connectivity index (χ1v) is 11.8. The van der Waals surface area contributed by atoms with E-state index in [-0.39, 0.29) is 36.2 Å². The molecule has 2 rings (SSSR count). The van der Waals surface area contributed by atoms with Crippen molar-refractivity contribution in [1.82, 2.24) is 10.6 Å². The van der Waals surface area contributed by atoms with Crippen LogP contribution in [-0.2, 0) is 20.7 Å². The van der Waals surface area contributed by atoms with Gasteiger partial charge in [0, 0.05) is 18.8 Å². The molecule has 1 aromatic rings. The van der Waals surface area contributed by atoms with Gasteiger partial charge in [0.2, 0.25) is 5.91 Å². The van der Waals surface area contributed by atoms with E-state index in [1.165, 1.54) is 0 Å². The van der Waals surface area contributed by atoms with Crippen molar-refractivity contribution >= 4 is 23.4 Å². The van der Waals surface area contributed by atoms with Crippen molar-refractivity contribution < 1.29 is 19.1 Å². The zero-order valence-corrected chi connectivity index (χ0v) is 20.1. The summed E-state index contributed by atoms with van der Waals surface area (Å²) in [6.07, 6.45) is 2.84. The van der Waals surface area contributed by atoms with Gasteiger partial charge in [-0.1, -0.05) is 45.9 Å². The van der Waals surface area contributed by atoms with Gasteiger partial charge in [-0.3, -0.25) is 14.5 Å². The maximum absolute atomic E-state index is 13.2. The zero-order valence-electron chi connectivity index (χ0n) is 20.1.